The Bertz CT molecular complexity index is 321. The maximum atomic E-state index is 4.03. The summed E-state index contributed by atoms with van der Waals surface area (Å²) in [6.45, 7) is 5.62. The highest BCUT2D eigenvalue weighted by Crippen LogP contribution is 2.35. The summed E-state index contributed by atoms with van der Waals surface area (Å²) in [5.41, 5.74) is 1.59. The van der Waals surface area contributed by atoms with Gasteiger partial charge >= 0.3 is 0 Å². The molecule has 16 heavy (non-hydrogen) atoms. The summed E-state index contributed by atoms with van der Waals surface area (Å²) in [6, 6.07) is 0.626. The van der Waals surface area contributed by atoms with Crippen LogP contribution in [0.3, 0.4) is 0 Å². The molecule has 1 aromatic heterocycles. The molecular formula is C13H21N3. The topological polar surface area (TPSA) is 37.8 Å². The van der Waals surface area contributed by atoms with Gasteiger partial charge in [-0.25, -0.2) is 9.97 Å². The van der Waals surface area contributed by atoms with Gasteiger partial charge in [-0.15, -0.1) is 0 Å². The molecule has 0 aromatic carbocycles. The van der Waals surface area contributed by atoms with E-state index in [1.54, 1.807) is 6.33 Å². The number of nitrogens with zero attached hydrogens (tertiary/aromatic N) is 2. The van der Waals surface area contributed by atoms with Gasteiger partial charge in [-0.05, 0) is 18.3 Å². The molecule has 0 radical (unpaired) electrons. The van der Waals surface area contributed by atoms with Crippen molar-refractivity contribution in [3.8, 4) is 0 Å². The summed E-state index contributed by atoms with van der Waals surface area (Å²) >= 11 is 0. The van der Waals surface area contributed by atoms with Gasteiger partial charge in [0.1, 0.15) is 6.33 Å². The first-order valence-corrected chi connectivity index (χ1v) is 6.16. The smallest absolute Gasteiger partial charge is 0.115 e. The maximum absolute atomic E-state index is 4.03. The summed E-state index contributed by atoms with van der Waals surface area (Å²) < 4.78 is 0. The van der Waals surface area contributed by atoms with Gasteiger partial charge in [0.25, 0.3) is 0 Å². The summed E-state index contributed by atoms with van der Waals surface area (Å²) in [6.07, 6.45) is 10.7. The Kier molecular flexibility index (Phi) is 3.54. The third-order valence-electron chi connectivity index (χ3n) is 3.67. The zero-order valence-electron chi connectivity index (χ0n) is 10.2. The molecule has 1 unspecified atom stereocenters. The lowest BCUT2D eigenvalue weighted by molar-refractivity contribution is 0.166. The van der Waals surface area contributed by atoms with E-state index in [0.717, 1.165) is 6.54 Å². The van der Waals surface area contributed by atoms with E-state index in [-0.39, 0.29) is 0 Å². The van der Waals surface area contributed by atoms with Gasteiger partial charge in [0.15, 0.2) is 0 Å². The molecule has 1 aliphatic rings. The van der Waals surface area contributed by atoms with Crippen LogP contribution in [0, 0.1) is 5.41 Å². The molecule has 1 aliphatic carbocycles. The SMILES string of the molecule is CC1(C)CCCCC1NCc1cncnc1. The molecule has 1 aromatic rings. The van der Waals surface area contributed by atoms with Crippen LogP contribution in [0.2, 0.25) is 0 Å². The van der Waals surface area contributed by atoms with E-state index in [0.29, 0.717) is 11.5 Å². The molecule has 1 fully saturated rings. The lowest BCUT2D eigenvalue weighted by Gasteiger charge is -2.39. The van der Waals surface area contributed by atoms with Gasteiger partial charge < -0.3 is 5.32 Å². The van der Waals surface area contributed by atoms with E-state index in [1.807, 2.05) is 12.4 Å². The van der Waals surface area contributed by atoms with Gasteiger partial charge in [-0.2, -0.15) is 0 Å². The highest BCUT2D eigenvalue weighted by molar-refractivity contribution is 5.02. The first-order valence-electron chi connectivity index (χ1n) is 6.16. The Labute approximate surface area is 97.7 Å². The molecule has 1 N–H and O–H groups in total. The minimum atomic E-state index is 0.424. The molecule has 1 saturated carbocycles. The van der Waals surface area contributed by atoms with Crippen molar-refractivity contribution in [1.82, 2.24) is 15.3 Å². The zero-order valence-corrected chi connectivity index (χ0v) is 10.2. The molecule has 0 bridgehead atoms. The van der Waals surface area contributed by atoms with E-state index < -0.39 is 0 Å². The van der Waals surface area contributed by atoms with Crippen LogP contribution in [0.1, 0.15) is 45.1 Å². The van der Waals surface area contributed by atoms with Crippen LogP contribution in [-0.2, 0) is 6.54 Å². The minimum absolute atomic E-state index is 0.424. The standard InChI is InChI=1S/C13H21N3/c1-13(2)6-4-3-5-12(13)16-9-11-7-14-10-15-8-11/h7-8,10,12,16H,3-6,9H2,1-2H3. The Morgan fingerprint density at radius 1 is 1.31 bits per heavy atom. The fraction of sp³-hybridized carbons (Fsp3) is 0.692. The minimum Gasteiger partial charge on any atom is -0.309 e. The molecule has 1 heterocycles. The van der Waals surface area contributed by atoms with Crippen molar-refractivity contribution < 1.29 is 0 Å². The van der Waals surface area contributed by atoms with Crippen LogP contribution in [-0.4, -0.2) is 16.0 Å². The molecule has 88 valence electrons. The van der Waals surface area contributed by atoms with E-state index in [2.05, 4.69) is 29.1 Å². The first-order chi connectivity index (χ1) is 7.68. The van der Waals surface area contributed by atoms with E-state index in [4.69, 9.17) is 0 Å². The zero-order chi connectivity index (χ0) is 11.4. The monoisotopic (exact) mass is 219 g/mol. The van der Waals surface area contributed by atoms with Crippen molar-refractivity contribution in [3.05, 3.63) is 24.3 Å². The largest absolute Gasteiger partial charge is 0.309 e. The van der Waals surface area contributed by atoms with E-state index in [9.17, 15) is 0 Å². The summed E-state index contributed by atoms with van der Waals surface area (Å²) in [5.74, 6) is 0. The number of aromatic nitrogens is 2. The second kappa shape index (κ2) is 4.91. The van der Waals surface area contributed by atoms with Crippen molar-refractivity contribution >= 4 is 0 Å². The number of nitrogens with one attached hydrogen (secondary N) is 1. The van der Waals surface area contributed by atoms with Crippen LogP contribution in [0.4, 0.5) is 0 Å². The Balaban J connectivity index is 1.90. The summed E-state index contributed by atoms with van der Waals surface area (Å²) in [7, 11) is 0. The summed E-state index contributed by atoms with van der Waals surface area (Å²) in [4.78, 5) is 8.07. The predicted molar refractivity (Wildman–Crippen MR) is 64.9 cm³/mol. The van der Waals surface area contributed by atoms with Crippen LogP contribution in [0.5, 0.6) is 0 Å². The molecule has 2 rings (SSSR count). The molecular weight excluding hydrogens is 198 g/mol. The van der Waals surface area contributed by atoms with Crippen molar-refractivity contribution in [3.63, 3.8) is 0 Å². The molecule has 3 heteroatoms. The van der Waals surface area contributed by atoms with Crippen molar-refractivity contribution in [2.75, 3.05) is 0 Å². The van der Waals surface area contributed by atoms with Gasteiger partial charge in [0.2, 0.25) is 0 Å². The maximum Gasteiger partial charge on any atom is 0.115 e. The lowest BCUT2D eigenvalue weighted by atomic mass is 9.73. The molecule has 0 spiro atoms. The molecule has 1 atom stereocenters. The highest BCUT2D eigenvalue weighted by atomic mass is 14.9. The first kappa shape index (κ1) is 11.5. The normalized spacial score (nSPS) is 24.2. The number of rotatable bonds is 3. The highest BCUT2D eigenvalue weighted by Gasteiger charge is 2.31. The fourth-order valence-electron chi connectivity index (χ4n) is 2.53. The Morgan fingerprint density at radius 2 is 2.06 bits per heavy atom. The number of hydrogen-bond donors (Lipinski definition) is 1. The molecule has 0 aliphatic heterocycles. The molecule has 3 nitrogen and oxygen atoms in total. The second-order valence-electron chi connectivity index (χ2n) is 5.41. The lowest BCUT2D eigenvalue weighted by Crippen LogP contribution is -2.43. The van der Waals surface area contributed by atoms with Gasteiger partial charge in [-0.1, -0.05) is 26.7 Å². The average Bonchev–Trinajstić information content (AvgIpc) is 2.28. The fourth-order valence-corrected chi connectivity index (χ4v) is 2.53. The average molecular weight is 219 g/mol. The number of hydrogen-bond acceptors (Lipinski definition) is 3. The Hall–Kier alpha value is -0.960. The van der Waals surface area contributed by atoms with Crippen LogP contribution < -0.4 is 5.32 Å². The Morgan fingerprint density at radius 3 is 2.75 bits per heavy atom. The van der Waals surface area contributed by atoms with Gasteiger partial charge in [0.05, 0.1) is 0 Å². The third kappa shape index (κ3) is 2.79. The van der Waals surface area contributed by atoms with Crippen molar-refractivity contribution in [2.45, 2.75) is 52.1 Å². The van der Waals surface area contributed by atoms with Crippen molar-refractivity contribution in [2.24, 2.45) is 5.41 Å². The van der Waals surface area contributed by atoms with Gasteiger partial charge in [-0.3, -0.25) is 0 Å². The van der Waals surface area contributed by atoms with Crippen molar-refractivity contribution in [1.29, 1.82) is 0 Å². The van der Waals surface area contributed by atoms with Gasteiger partial charge in [0, 0.05) is 30.5 Å². The van der Waals surface area contributed by atoms with E-state index in [1.165, 1.54) is 31.2 Å². The predicted octanol–water partition coefficient (Wildman–Crippen LogP) is 2.54. The molecule has 0 saturated heterocycles. The van der Waals surface area contributed by atoms with Crippen LogP contribution in [0.15, 0.2) is 18.7 Å². The second-order valence-corrected chi connectivity index (χ2v) is 5.41. The van der Waals surface area contributed by atoms with Crippen LogP contribution in [0.25, 0.3) is 0 Å². The summed E-state index contributed by atoms with van der Waals surface area (Å²) in [5, 5.41) is 3.65. The third-order valence-corrected chi connectivity index (χ3v) is 3.67. The molecule has 0 amide bonds. The van der Waals surface area contributed by atoms with Crippen LogP contribution >= 0.6 is 0 Å². The quantitative estimate of drug-likeness (QED) is 0.849. The van der Waals surface area contributed by atoms with E-state index >= 15 is 0 Å².